The average molecular weight is 579 g/mol. The first-order chi connectivity index (χ1) is 18.0. The number of hydrogen-bond acceptors (Lipinski definition) is 5. The molecule has 0 radical (unpaired) electrons. The van der Waals surface area contributed by atoms with Crippen molar-refractivity contribution in [2.75, 3.05) is 25.0 Å². The first kappa shape index (κ1) is 29.3. The molecule has 38 heavy (non-hydrogen) atoms. The molecular weight excluding hydrogens is 549 g/mol. The number of carbonyl (C=O) groups is 2. The van der Waals surface area contributed by atoms with E-state index < -0.39 is 34.4 Å². The highest BCUT2D eigenvalue weighted by atomic mass is 35.5. The van der Waals surface area contributed by atoms with Gasteiger partial charge in [-0.1, -0.05) is 59.1 Å². The SMILES string of the molecule is CNC(=O)C(C)N(Cc1ccccc1Cl)C(=O)CN(c1cc(Cl)ccc1OC)S(=O)(=O)c1ccc(C)cc1. The zero-order valence-corrected chi connectivity index (χ0v) is 23.8. The van der Waals surface area contributed by atoms with E-state index in [1.807, 2.05) is 6.92 Å². The predicted molar refractivity (Wildman–Crippen MR) is 149 cm³/mol. The molecule has 1 unspecified atom stereocenters. The number of benzene rings is 3. The second kappa shape index (κ2) is 12.5. The number of halogens is 2. The molecule has 0 aromatic heterocycles. The molecule has 0 aliphatic carbocycles. The van der Waals surface area contributed by atoms with Crippen LogP contribution < -0.4 is 14.4 Å². The fourth-order valence-electron chi connectivity index (χ4n) is 3.81. The van der Waals surface area contributed by atoms with E-state index in [9.17, 15) is 18.0 Å². The summed E-state index contributed by atoms with van der Waals surface area (Å²) < 4.78 is 34.2. The highest BCUT2D eigenvalue weighted by Gasteiger charge is 2.34. The molecule has 2 amide bonds. The van der Waals surface area contributed by atoms with E-state index in [2.05, 4.69) is 5.32 Å². The topological polar surface area (TPSA) is 96.0 Å². The monoisotopic (exact) mass is 577 g/mol. The molecule has 3 aromatic carbocycles. The molecule has 1 atom stereocenters. The maximum Gasteiger partial charge on any atom is 0.264 e. The Morgan fingerprint density at radius 2 is 1.68 bits per heavy atom. The van der Waals surface area contributed by atoms with Gasteiger partial charge in [0.05, 0.1) is 17.7 Å². The second-order valence-corrected chi connectivity index (χ2v) is 11.3. The third-order valence-corrected chi connectivity index (χ3v) is 8.39. The minimum absolute atomic E-state index is 0.0157. The summed E-state index contributed by atoms with van der Waals surface area (Å²) in [5.41, 5.74) is 1.56. The smallest absolute Gasteiger partial charge is 0.264 e. The van der Waals surface area contributed by atoms with Crippen molar-refractivity contribution in [3.8, 4) is 5.75 Å². The number of rotatable bonds is 10. The Hall–Kier alpha value is -3.27. The Labute approximate surface area is 233 Å². The van der Waals surface area contributed by atoms with Gasteiger partial charge in [0, 0.05) is 23.6 Å². The molecule has 0 fully saturated rings. The normalized spacial score (nSPS) is 11.9. The lowest BCUT2D eigenvalue weighted by Crippen LogP contribution is -2.50. The van der Waals surface area contributed by atoms with Crippen LogP contribution in [0.4, 0.5) is 5.69 Å². The van der Waals surface area contributed by atoms with Crippen molar-refractivity contribution in [3.05, 3.63) is 87.9 Å². The number of sulfonamides is 1. The number of nitrogens with one attached hydrogen (secondary N) is 1. The number of carbonyl (C=O) groups excluding carboxylic acids is 2. The van der Waals surface area contributed by atoms with Crippen LogP contribution in [0, 0.1) is 6.92 Å². The summed E-state index contributed by atoms with van der Waals surface area (Å²) in [4.78, 5) is 27.7. The van der Waals surface area contributed by atoms with E-state index in [-0.39, 0.29) is 27.9 Å². The van der Waals surface area contributed by atoms with Crippen molar-refractivity contribution in [2.24, 2.45) is 0 Å². The molecule has 0 heterocycles. The summed E-state index contributed by atoms with van der Waals surface area (Å²) >= 11 is 12.6. The van der Waals surface area contributed by atoms with Crippen LogP contribution in [-0.2, 0) is 26.2 Å². The van der Waals surface area contributed by atoms with Gasteiger partial charge in [0.25, 0.3) is 10.0 Å². The van der Waals surface area contributed by atoms with Gasteiger partial charge in [0.15, 0.2) is 0 Å². The highest BCUT2D eigenvalue weighted by Crippen LogP contribution is 2.35. The Balaban J connectivity index is 2.12. The van der Waals surface area contributed by atoms with Gasteiger partial charge < -0.3 is 15.0 Å². The van der Waals surface area contributed by atoms with E-state index in [1.54, 1.807) is 49.4 Å². The van der Waals surface area contributed by atoms with E-state index in [1.165, 1.54) is 43.3 Å². The first-order valence-electron chi connectivity index (χ1n) is 11.7. The minimum atomic E-state index is -4.26. The summed E-state index contributed by atoms with van der Waals surface area (Å²) in [6, 6.07) is 16.8. The summed E-state index contributed by atoms with van der Waals surface area (Å²) in [7, 11) is -1.41. The quantitative estimate of drug-likeness (QED) is 0.378. The van der Waals surface area contributed by atoms with E-state index in [0.717, 1.165) is 9.87 Å². The Morgan fingerprint density at radius 1 is 1.03 bits per heavy atom. The maximum absolute atomic E-state index is 13.9. The van der Waals surface area contributed by atoms with Crippen molar-refractivity contribution >= 4 is 50.7 Å². The van der Waals surface area contributed by atoms with E-state index in [0.29, 0.717) is 10.6 Å². The molecule has 0 bridgehead atoms. The lowest BCUT2D eigenvalue weighted by Gasteiger charge is -2.32. The average Bonchev–Trinajstić information content (AvgIpc) is 2.90. The highest BCUT2D eigenvalue weighted by molar-refractivity contribution is 7.92. The van der Waals surface area contributed by atoms with Crippen molar-refractivity contribution in [1.82, 2.24) is 10.2 Å². The van der Waals surface area contributed by atoms with Crippen LogP contribution in [0.25, 0.3) is 0 Å². The van der Waals surface area contributed by atoms with Crippen molar-refractivity contribution in [1.29, 1.82) is 0 Å². The molecule has 202 valence electrons. The Morgan fingerprint density at radius 3 is 2.29 bits per heavy atom. The summed E-state index contributed by atoms with van der Waals surface area (Å²) in [5.74, 6) is -0.840. The van der Waals surface area contributed by atoms with E-state index in [4.69, 9.17) is 27.9 Å². The number of amides is 2. The third kappa shape index (κ3) is 6.59. The third-order valence-electron chi connectivity index (χ3n) is 6.01. The van der Waals surface area contributed by atoms with E-state index >= 15 is 0 Å². The lowest BCUT2D eigenvalue weighted by atomic mass is 10.1. The number of likely N-dealkylation sites (N-methyl/N-ethyl adjacent to an activating group) is 1. The van der Waals surface area contributed by atoms with Crippen LogP contribution in [0.15, 0.2) is 71.6 Å². The van der Waals surface area contributed by atoms with Crippen LogP contribution in [0.1, 0.15) is 18.1 Å². The van der Waals surface area contributed by atoms with Gasteiger partial charge in [-0.3, -0.25) is 13.9 Å². The molecular formula is C27H29Cl2N3O5S. The summed E-state index contributed by atoms with van der Waals surface area (Å²) in [5, 5.41) is 3.20. The zero-order chi connectivity index (χ0) is 28.0. The molecule has 11 heteroatoms. The maximum atomic E-state index is 13.9. The van der Waals surface area contributed by atoms with Crippen LogP contribution in [0.3, 0.4) is 0 Å². The fraction of sp³-hybridized carbons (Fsp3) is 0.259. The van der Waals surface area contributed by atoms with Gasteiger partial charge in [0.1, 0.15) is 18.3 Å². The van der Waals surface area contributed by atoms with Crippen LogP contribution >= 0.6 is 23.2 Å². The fourth-order valence-corrected chi connectivity index (χ4v) is 5.59. The molecule has 1 N–H and O–H groups in total. The van der Waals surface area contributed by atoms with Crippen molar-refractivity contribution in [3.63, 3.8) is 0 Å². The standard InChI is InChI=1S/C27H29Cl2N3O5S/c1-18-9-12-22(13-10-18)38(35,36)32(24-15-21(28)11-14-25(24)37-4)17-26(33)31(19(2)27(34)30-3)16-20-7-5-6-8-23(20)29/h5-15,19H,16-17H2,1-4H3,(H,30,34). The number of ether oxygens (including phenoxy) is 1. The molecule has 0 spiro atoms. The molecule has 0 saturated carbocycles. The van der Waals surface area contributed by atoms with Gasteiger partial charge in [-0.05, 0) is 55.8 Å². The molecule has 0 saturated heterocycles. The van der Waals surface area contributed by atoms with Gasteiger partial charge in [-0.2, -0.15) is 0 Å². The molecule has 3 aromatic rings. The van der Waals surface area contributed by atoms with Crippen LogP contribution in [-0.4, -0.2) is 51.9 Å². The minimum Gasteiger partial charge on any atom is -0.495 e. The number of aryl methyl sites for hydroxylation is 1. The first-order valence-corrected chi connectivity index (χ1v) is 13.9. The van der Waals surface area contributed by atoms with Gasteiger partial charge in [0.2, 0.25) is 11.8 Å². The largest absolute Gasteiger partial charge is 0.495 e. The molecule has 0 aliphatic heterocycles. The number of nitrogens with zero attached hydrogens (tertiary/aromatic N) is 2. The second-order valence-electron chi connectivity index (χ2n) is 8.54. The van der Waals surface area contributed by atoms with Gasteiger partial charge >= 0.3 is 0 Å². The Kier molecular flexibility index (Phi) is 9.65. The van der Waals surface area contributed by atoms with Crippen molar-refractivity contribution in [2.45, 2.75) is 31.3 Å². The van der Waals surface area contributed by atoms with Crippen molar-refractivity contribution < 1.29 is 22.7 Å². The summed E-state index contributed by atoms with van der Waals surface area (Å²) in [6.07, 6.45) is 0. The molecule has 3 rings (SSSR count). The van der Waals surface area contributed by atoms with Gasteiger partial charge in [-0.25, -0.2) is 8.42 Å². The molecule has 8 nitrogen and oxygen atoms in total. The van der Waals surface area contributed by atoms with Gasteiger partial charge in [-0.15, -0.1) is 0 Å². The number of hydrogen-bond donors (Lipinski definition) is 1. The van der Waals surface area contributed by atoms with Crippen LogP contribution in [0.5, 0.6) is 5.75 Å². The molecule has 0 aliphatic rings. The lowest BCUT2D eigenvalue weighted by molar-refractivity contribution is -0.139. The number of anilines is 1. The van der Waals surface area contributed by atoms with Crippen LogP contribution in [0.2, 0.25) is 10.0 Å². The Bertz CT molecular complexity index is 1410. The predicted octanol–water partition coefficient (Wildman–Crippen LogP) is 4.67. The summed E-state index contributed by atoms with van der Waals surface area (Å²) in [6.45, 7) is 2.76. The zero-order valence-electron chi connectivity index (χ0n) is 21.4. The number of methoxy groups -OCH3 is 1.